The minimum Gasteiger partial charge on any atom is -0.309 e. The van der Waals surface area contributed by atoms with E-state index in [0.29, 0.717) is 0 Å². The molecule has 0 saturated carbocycles. The summed E-state index contributed by atoms with van der Waals surface area (Å²) in [6.45, 7) is 8.72. The van der Waals surface area contributed by atoms with E-state index in [2.05, 4.69) is 69.4 Å². The quantitative estimate of drug-likeness (QED) is 0.863. The van der Waals surface area contributed by atoms with E-state index in [1.807, 2.05) is 7.05 Å². The molecule has 0 aliphatic carbocycles. The van der Waals surface area contributed by atoms with Crippen LogP contribution >= 0.6 is 0 Å². The summed E-state index contributed by atoms with van der Waals surface area (Å²) >= 11 is 0. The first-order chi connectivity index (χ1) is 9.04. The Kier molecular flexibility index (Phi) is 4.06. The summed E-state index contributed by atoms with van der Waals surface area (Å²) in [6.07, 6.45) is 0. The van der Waals surface area contributed by atoms with Gasteiger partial charge >= 0.3 is 0 Å². The highest BCUT2D eigenvalue weighted by Gasteiger charge is 2.17. The number of hydrogen-bond acceptors (Lipinski definition) is 1. The summed E-state index contributed by atoms with van der Waals surface area (Å²) in [4.78, 5) is 0. The van der Waals surface area contributed by atoms with Gasteiger partial charge in [0.25, 0.3) is 0 Å². The molecule has 0 aliphatic heterocycles. The average molecular weight is 253 g/mol. The Bertz CT molecular complexity index is 564. The normalized spacial score (nSPS) is 12.5. The average Bonchev–Trinajstić information content (AvgIpc) is 2.35. The Morgan fingerprint density at radius 2 is 1.47 bits per heavy atom. The predicted molar refractivity (Wildman–Crippen MR) is 82.7 cm³/mol. The van der Waals surface area contributed by atoms with Gasteiger partial charge in [0.15, 0.2) is 0 Å². The maximum atomic E-state index is 3.48. The molecular formula is C18H23N. The molecule has 1 atom stereocenters. The molecule has 0 heterocycles. The first-order valence-corrected chi connectivity index (χ1v) is 6.85. The Hall–Kier alpha value is -1.60. The van der Waals surface area contributed by atoms with Crippen molar-refractivity contribution in [2.45, 2.75) is 33.7 Å². The molecular weight excluding hydrogens is 230 g/mol. The second-order valence-corrected chi connectivity index (χ2v) is 5.39. The van der Waals surface area contributed by atoms with Crippen LogP contribution < -0.4 is 5.32 Å². The van der Waals surface area contributed by atoms with Gasteiger partial charge in [-0.2, -0.15) is 0 Å². The maximum Gasteiger partial charge on any atom is 0.0582 e. The van der Waals surface area contributed by atoms with Crippen molar-refractivity contribution in [3.05, 3.63) is 69.8 Å². The third-order valence-corrected chi connectivity index (χ3v) is 3.86. The highest BCUT2D eigenvalue weighted by molar-refractivity contribution is 5.44. The standard InChI is InChI=1S/C18H23N/c1-12-9-10-16(15(4)11-12)18(19-5)17-13(2)7-6-8-14(17)3/h6-11,18-19H,1-5H3. The molecule has 0 amide bonds. The molecule has 0 saturated heterocycles. The first kappa shape index (κ1) is 13.8. The highest BCUT2D eigenvalue weighted by Crippen LogP contribution is 2.29. The van der Waals surface area contributed by atoms with Crippen LogP contribution in [0.25, 0.3) is 0 Å². The molecule has 1 heteroatoms. The fourth-order valence-corrected chi connectivity index (χ4v) is 2.89. The van der Waals surface area contributed by atoms with Crippen LogP contribution in [0.3, 0.4) is 0 Å². The van der Waals surface area contributed by atoms with E-state index in [1.165, 1.54) is 33.4 Å². The highest BCUT2D eigenvalue weighted by atomic mass is 14.9. The zero-order valence-electron chi connectivity index (χ0n) is 12.5. The van der Waals surface area contributed by atoms with Gasteiger partial charge in [0.2, 0.25) is 0 Å². The van der Waals surface area contributed by atoms with Crippen molar-refractivity contribution in [2.75, 3.05) is 7.05 Å². The zero-order valence-corrected chi connectivity index (χ0v) is 12.5. The molecule has 19 heavy (non-hydrogen) atoms. The zero-order chi connectivity index (χ0) is 14.0. The van der Waals surface area contributed by atoms with Gasteiger partial charge in [-0.3, -0.25) is 0 Å². The van der Waals surface area contributed by atoms with Crippen molar-refractivity contribution < 1.29 is 0 Å². The number of rotatable bonds is 3. The van der Waals surface area contributed by atoms with Crippen LogP contribution in [-0.4, -0.2) is 7.05 Å². The van der Waals surface area contributed by atoms with E-state index < -0.39 is 0 Å². The molecule has 0 aliphatic rings. The molecule has 0 spiro atoms. The third-order valence-electron chi connectivity index (χ3n) is 3.86. The van der Waals surface area contributed by atoms with E-state index in [0.717, 1.165) is 0 Å². The summed E-state index contributed by atoms with van der Waals surface area (Å²) in [5.41, 5.74) is 8.13. The topological polar surface area (TPSA) is 12.0 Å². The number of nitrogens with one attached hydrogen (secondary N) is 1. The molecule has 0 bridgehead atoms. The monoisotopic (exact) mass is 253 g/mol. The molecule has 1 unspecified atom stereocenters. The molecule has 100 valence electrons. The van der Waals surface area contributed by atoms with E-state index in [9.17, 15) is 0 Å². The predicted octanol–water partition coefficient (Wildman–Crippen LogP) is 4.23. The van der Waals surface area contributed by atoms with Crippen LogP contribution in [0.1, 0.15) is 39.4 Å². The van der Waals surface area contributed by atoms with E-state index >= 15 is 0 Å². The molecule has 1 nitrogen and oxygen atoms in total. The lowest BCUT2D eigenvalue weighted by Gasteiger charge is -2.23. The SMILES string of the molecule is CNC(c1ccc(C)cc1C)c1c(C)cccc1C. The van der Waals surface area contributed by atoms with Crippen molar-refractivity contribution in [3.63, 3.8) is 0 Å². The summed E-state index contributed by atoms with van der Waals surface area (Å²) in [6, 6.07) is 13.5. The van der Waals surface area contributed by atoms with Crippen molar-refractivity contribution in [1.82, 2.24) is 5.32 Å². The van der Waals surface area contributed by atoms with E-state index in [1.54, 1.807) is 0 Å². The van der Waals surface area contributed by atoms with Gasteiger partial charge in [0.1, 0.15) is 0 Å². The fraction of sp³-hybridized carbons (Fsp3) is 0.333. The fourth-order valence-electron chi connectivity index (χ4n) is 2.89. The second kappa shape index (κ2) is 5.58. The third kappa shape index (κ3) is 2.71. The van der Waals surface area contributed by atoms with Crippen LogP contribution in [0.15, 0.2) is 36.4 Å². The van der Waals surface area contributed by atoms with Crippen molar-refractivity contribution >= 4 is 0 Å². The summed E-state index contributed by atoms with van der Waals surface area (Å²) in [7, 11) is 2.04. The van der Waals surface area contributed by atoms with Crippen LogP contribution in [0, 0.1) is 27.7 Å². The van der Waals surface area contributed by atoms with Crippen LogP contribution in [0.4, 0.5) is 0 Å². The van der Waals surface area contributed by atoms with Gasteiger partial charge in [-0.1, -0.05) is 42.0 Å². The summed E-state index contributed by atoms with van der Waals surface area (Å²) in [5.74, 6) is 0. The van der Waals surface area contributed by atoms with Crippen LogP contribution in [0.2, 0.25) is 0 Å². The van der Waals surface area contributed by atoms with Gasteiger partial charge < -0.3 is 5.32 Å². The van der Waals surface area contributed by atoms with Gasteiger partial charge in [-0.15, -0.1) is 0 Å². The van der Waals surface area contributed by atoms with E-state index in [4.69, 9.17) is 0 Å². The summed E-state index contributed by atoms with van der Waals surface area (Å²) < 4.78 is 0. The van der Waals surface area contributed by atoms with Crippen LogP contribution in [0.5, 0.6) is 0 Å². The van der Waals surface area contributed by atoms with Gasteiger partial charge in [0.05, 0.1) is 6.04 Å². The Labute approximate surface area is 116 Å². The number of benzene rings is 2. The molecule has 0 aromatic heterocycles. The van der Waals surface area contributed by atoms with Gasteiger partial charge in [0, 0.05) is 0 Å². The Balaban J connectivity index is 2.56. The van der Waals surface area contributed by atoms with E-state index in [-0.39, 0.29) is 6.04 Å². The number of aryl methyl sites for hydroxylation is 4. The van der Waals surface area contributed by atoms with Crippen LogP contribution in [-0.2, 0) is 0 Å². The smallest absolute Gasteiger partial charge is 0.0582 e. The Morgan fingerprint density at radius 1 is 0.842 bits per heavy atom. The first-order valence-electron chi connectivity index (χ1n) is 6.85. The molecule has 0 fully saturated rings. The maximum absolute atomic E-state index is 3.48. The lowest BCUT2D eigenvalue weighted by molar-refractivity contribution is 0.679. The number of hydrogen-bond donors (Lipinski definition) is 1. The lowest BCUT2D eigenvalue weighted by Crippen LogP contribution is -2.20. The van der Waals surface area contributed by atoms with Gasteiger partial charge in [-0.25, -0.2) is 0 Å². The Morgan fingerprint density at radius 3 is 2.00 bits per heavy atom. The molecule has 2 aromatic carbocycles. The molecule has 0 radical (unpaired) electrons. The van der Waals surface area contributed by atoms with Crippen molar-refractivity contribution in [2.24, 2.45) is 0 Å². The summed E-state index contributed by atoms with van der Waals surface area (Å²) in [5, 5.41) is 3.48. The second-order valence-electron chi connectivity index (χ2n) is 5.39. The minimum absolute atomic E-state index is 0.266. The molecule has 1 N–H and O–H groups in total. The molecule has 2 aromatic rings. The van der Waals surface area contributed by atoms with Crippen molar-refractivity contribution in [3.8, 4) is 0 Å². The molecule has 2 rings (SSSR count). The minimum atomic E-state index is 0.266. The van der Waals surface area contributed by atoms with Gasteiger partial charge in [-0.05, 0) is 62.6 Å². The lowest BCUT2D eigenvalue weighted by atomic mass is 9.89. The van der Waals surface area contributed by atoms with Crippen molar-refractivity contribution in [1.29, 1.82) is 0 Å². The largest absolute Gasteiger partial charge is 0.309 e.